The summed E-state index contributed by atoms with van der Waals surface area (Å²) in [6.07, 6.45) is 2.31. The second-order valence-electron chi connectivity index (χ2n) is 9.94. The van der Waals surface area contributed by atoms with Crippen LogP contribution in [0, 0.1) is 30.1 Å². The fraction of sp³-hybridized carbons (Fsp3) is 0.393. The molecule has 1 aromatic carbocycles. The maximum absolute atomic E-state index is 15.5. The van der Waals surface area contributed by atoms with E-state index in [2.05, 4.69) is 9.97 Å². The number of pyridine rings is 1. The minimum absolute atomic E-state index is 0.220. The molecule has 1 unspecified atom stereocenters. The summed E-state index contributed by atoms with van der Waals surface area (Å²) in [5.41, 5.74) is 3.76. The number of benzene rings is 1. The van der Waals surface area contributed by atoms with Crippen LogP contribution in [0.15, 0.2) is 59.6 Å². The van der Waals surface area contributed by atoms with E-state index in [9.17, 15) is 9.90 Å². The molecule has 5 rings (SSSR count). The summed E-state index contributed by atoms with van der Waals surface area (Å²) >= 11 is 1.24. The molecule has 36 heavy (non-hydrogen) atoms. The van der Waals surface area contributed by atoms with E-state index in [0.29, 0.717) is 5.69 Å². The first-order chi connectivity index (χ1) is 17.1. The highest BCUT2D eigenvalue weighted by molar-refractivity contribution is 7.07. The van der Waals surface area contributed by atoms with Gasteiger partial charge in [0, 0.05) is 35.4 Å². The van der Waals surface area contributed by atoms with Gasteiger partial charge in [-0.05, 0) is 43.0 Å². The zero-order valence-corrected chi connectivity index (χ0v) is 21.1. The lowest BCUT2D eigenvalue weighted by atomic mass is 9.54. The fourth-order valence-corrected chi connectivity index (χ4v) is 6.54. The van der Waals surface area contributed by atoms with Crippen molar-refractivity contribution in [2.45, 2.75) is 45.3 Å². The first-order valence-electron chi connectivity index (χ1n) is 12.0. The Morgan fingerprint density at radius 2 is 1.97 bits per heavy atom. The number of ether oxygens (including phenoxy) is 1. The number of aliphatic hydroxyl groups is 1. The molecule has 0 amide bonds. The van der Waals surface area contributed by atoms with Crippen LogP contribution in [-0.4, -0.2) is 33.1 Å². The van der Waals surface area contributed by atoms with Crippen LogP contribution in [0.4, 0.5) is 8.78 Å². The molecule has 0 bridgehead atoms. The quantitative estimate of drug-likeness (QED) is 0.420. The highest BCUT2D eigenvalue weighted by Crippen LogP contribution is 2.63. The normalized spacial score (nSPS) is 30.2. The van der Waals surface area contributed by atoms with Gasteiger partial charge in [-0.15, -0.1) is 11.3 Å². The van der Waals surface area contributed by atoms with Crippen LogP contribution >= 0.6 is 11.3 Å². The lowest BCUT2D eigenvalue weighted by molar-refractivity contribution is -0.192. The third kappa shape index (κ3) is 3.96. The van der Waals surface area contributed by atoms with Crippen molar-refractivity contribution in [1.82, 2.24) is 9.97 Å². The van der Waals surface area contributed by atoms with Gasteiger partial charge in [0.05, 0.1) is 16.9 Å². The standard InChI is InChI=1S/C28H28F2N2O3S/c1-16-6-4-5-7-21(16)19-8-9-20(31-12-19)10-11-22-17(2)28(29,30)14-27(24(22)18(3)35-26(27)34)25(33)23-13-36-15-32-23/h4-13,15,17-18,22,24-25,33H,14H2,1-3H3/b11-10+/t17-,18+,22-,24-,25?,27+/m0/s1. The van der Waals surface area contributed by atoms with Crippen LogP contribution in [0.25, 0.3) is 17.2 Å². The third-order valence-electron chi connectivity index (χ3n) is 7.91. The summed E-state index contributed by atoms with van der Waals surface area (Å²) in [5.74, 6) is -6.39. The number of carbonyl (C=O) groups excluding carboxylic acids is 1. The van der Waals surface area contributed by atoms with Gasteiger partial charge in [0.1, 0.15) is 17.6 Å². The summed E-state index contributed by atoms with van der Waals surface area (Å²) in [6.45, 7) is 5.24. The zero-order chi connectivity index (χ0) is 25.7. The SMILES string of the molecule is Cc1ccccc1-c1ccc(/C=C/[C@@H]2[C@@H]3[C@@H](C)OC(=O)[C@]3(C(O)c3cscn3)CC(F)(F)[C@H]2C)nc1. The molecule has 3 aromatic rings. The Hall–Kier alpha value is -2.97. The summed E-state index contributed by atoms with van der Waals surface area (Å²) in [6, 6.07) is 11.8. The van der Waals surface area contributed by atoms with Crippen molar-refractivity contribution in [3.8, 4) is 11.1 Å². The highest BCUT2D eigenvalue weighted by atomic mass is 32.1. The number of allylic oxidation sites excluding steroid dienone is 1. The van der Waals surface area contributed by atoms with Gasteiger partial charge in [0.25, 0.3) is 5.92 Å². The molecule has 5 nitrogen and oxygen atoms in total. The maximum atomic E-state index is 15.5. The molecule has 0 spiro atoms. The highest BCUT2D eigenvalue weighted by Gasteiger charge is 2.71. The van der Waals surface area contributed by atoms with Gasteiger partial charge >= 0.3 is 5.97 Å². The minimum atomic E-state index is -3.19. The molecule has 1 saturated heterocycles. The molecule has 1 N–H and O–H groups in total. The lowest BCUT2D eigenvalue weighted by Crippen LogP contribution is -2.56. The summed E-state index contributed by atoms with van der Waals surface area (Å²) in [4.78, 5) is 21.8. The molecule has 0 radical (unpaired) electrons. The minimum Gasteiger partial charge on any atom is -0.462 e. The van der Waals surface area contributed by atoms with E-state index in [-0.39, 0.29) is 5.69 Å². The largest absolute Gasteiger partial charge is 0.462 e. The predicted molar refractivity (Wildman–Crippen MR) is 134 cm³/mol. The van der Waals surface area contributed by atoms with E-state index in [4.69, 9.17) is 4.74 Å². The number of hydrogen-bond donors (Lipinski definition) is 1. The van der Waals surface area contributed by atoms with E-state index in [0.717, 1.165) is 16.7 Å². The Morgan fingerprint density at radius 3 is 2.64 bits per heavy atom. The molecule has 3 heterocycles. The second kappa shape index (κ2) is 9.16. The first kappa shape index (κ1) is 24.7. The van der Waals surface area contributed by atoms with Gasteiger partial charge in [-0.25, -0.2) is 13.8 Å². The van der Waals surface area contributed by atoms with Gasteiger partial charge in [0.15, 0.2) is 0 Å². The molecular formula is C28H28F2N2O3S. The average Bonchev–Trinajstić information content (AvgIpc) is 3.47. The van der Waals surface area contributed by atoms with Crippen molar-refractivity contribution in [3.05, 3.63) is 76.5 Å². The molecule has 2 aliphatic rings. The van der Waals surface area contributed by atoms with Crippen LogP contribution in [0.1, 0.15) is 43.3 Å². The predicted octanol–water partition coefficient (Wildman–Crippen LogP) is 6.10. The van der Waals surface area contributed by atoms with Crippen molar-refractivity contribution in [2.75, 3.05) is 0 Å². The monoisotopic (exact) mass is 510 g/mol. The first-order valence-corrected chi connectivity index (χ1v) is 12.9. The summed E-state index contributed by atoms with van der Waals surface area (Å²) in [7, 11) is 0. The van der Waals surface area contributed by atoms with E-state index < -0.39 is 53.7 Å². The number of rotatable bonds is 5. The van der Waals surface area contributed by atoms with Crippen LogP contribution < -0.4 is 0 Å². The molecule has 188 valence electrons. The Kier molecular flexibility index (Phi) is 6.29. The molecule has 2 fully saturated rings. The number of hydrogen-bond acceptors (Lipinski definition) is 6. The van der Waals surface area contributed by atoms with E-state index >= 15 is 8.78 Å². The van der Waals surface area contributed by atoms with Crippen molar-refractivity contribution >= 4 is 23.4 Å². The zero-order valence-electron chi connectivity index (χ0n) is 20.3. The number of cyclic esters (lactones) is 1. The molecular weight excluding hydrogens is 482 g/mol. The molecule has 1 aliphatic carbocycles. The Balaban J connectivity index is 1.50. The van der Waals surface area contributed by atoms with Crippen molar-refractivity contribution in [2.24, 2.45) is 23.2 Å². The molecule has 1 saturated carbocycles. The van der Waals surface area contributed by atoms with Gasteiger partial charge < -0.3 is 9.84 Å². The molecule has 1 aliphatic heterocycles. The maximum Gasteiger partial charge on any atom is 0.316 e. The van der Waals surface area contributed by atoms with Gasteiger partial charge in [0.2, 0.25) is 0 Å². The number of nitrogens with zero attached hydrogens (tertiary/aromatic N) is 2. The molecule has 8 heteroatoms. The Morgan fingerprint density at radius 1 is 1.19 bits per heavy atom. The average molecular weight is 511 g/mol. The third-order valence-corrected chi connectivity index (χ3v) is 8.52. The van der Waals surface area contributed by atoms with Crippen LogP contribution in [-0.2, 0) is 9.53 Å². The number of aromatic nitrogens is 2. The van der Waals surface area contributed by atoms with E-state index in [1.54, 1.807) is 30.7 Å². The number of alkyl halides is 2. The topological polar surface area (TPSA) is 72.3 Å². The lowest BCUT2D eigenvalue weighted by Gasteiger charge is -2.49. The number of carbonyl (C=O) groups is 1. The van der Waals surface area contributed by atoms with Crippen molar-refractivity contribution in [1.29, 1.82) is 0 Å². The number of fused-ring (bicyclic) bond motifs is 1. The number of thiazole rings is 1. The Bertz CT molecular complexity index is 1280. The second-order valence-corrected chi connectivity index (χ2v) is 10.7. The number of aryl methyl sites for hydroxylation is 1. The van der Waals surface area contributed by atoms with Crippen molar-refractivity contribution < 1.29 is 23.4 Å². The fourth-order valence-electron chi connectivity index (χ4n) is 5.96. The van der Waals surface area contributed by atoms with E-state index in [1.165, 1.54) is 23.8 Å². The summed E-state index contributed by atoms with van der Waals surface area (Å²) < 4.78 is 36.4. The van der Waals surface area contributed by atoms with Crippen LogP contribution in [0.5, 0.6) is 0 Å². The Labute approximate surface area is 212 Å². The van der Waals surface area contributed by atoms with Crippen LogP contribution in [0.3, 0.4) is 0 Å². The number of aliphatic hydroxyl groups excluding tert-OH is 1. The van der Waals surface area contributed by atoms with Crippen molar-refractivity contribution in [3.63, 3.8) is 0 Å². The van der Waals surface area contributed by atoms with Gasteiger partial charge in [-0.3, -0.25) is 9.78 Å². The van der Waals surface area contributed by atoms with E-state index in [1.807, 2.05) is 43.3 Å². The number of esters is 1. The molecule has 6 atom stereocenters. The summed E-state index contributed by atoms with van der Waals surface area (Å²) in [5, 5.41) is 12.8. The van der Waals surface area contributed by atoms with Crippen LogP contribution in [0.2, 0.25) is 0 Å². The number of halogens is 2. The molecule has 2 aromatic heterocycles. The smallest absolute Gasteiger partial charge is 0.316 e. The van der Waals surface area contributed by atoms with Gasteiger partial charge in [-0.1, -0.05) is 43.3 Å². The van der Waals surface area contributed by atoms with Gasteiger partial charge in [-0.2, -0.15) is 0 Å².